The van der Waals surface area contributed by atoms with E-state index < -0.39 is 18.1 Å². The summed E-state index contributed by atoms with van der Waals surface area (Å²) in [6.07, 6.45) is 0.919. The zero-order valence-electron chi connectivity index (χ0n) is 14.7. The van der Waals surface area contributed by atoms with E-state index in [1.807, 2.05) is 5.32 Å². The molecule has 1 N–H and O–H groups in total. The number of aliphatic carboxylic acids is 1. The molecule has 29 heavy (non-hydrogen) atoms. The van der Waals surface area contributed by atoms with Gasteiger partial charge in [0.15, 0.2) is 0 Å². The van der Waals surface area contributed by atoms with Crippen molar-refractivity contribution in [2.45, 2.75) is 6.18 Å². The van der Waals surface area contributed by atoms with Crippen molar-refractivity contribution in [3.05, 3.63) is 82.4 Å². The first kappa shape index (κ1) is 18.5. The van der Waals surface area contributed by atoms with Crippen LogP contribution in [0.5, 0.6) is 0 Å². The third-order valence-electron chi connectivity index (χ3n) is 4.58. The number of nitrogens with one attached hydrogen (secondary N) is 1. The molecule has 0 fully saturated rings. The molecule has 0 saturated carbocycles. The van der Waals surface area contributed by atoms with E-state index in [9.17, 15) is 27.9 Å². The van der Waals surface area contributed by atoms with E-state index in [4.69, 9.17) is 0 Å². The molecule has 0 bridgehead atoms. The molecule has 2 aliphatic rings. The molecular formula is C21H12F3N2O3-. The van der Waals surface area contributed by atoms with E-state index in [0.717, 1.165) is 0 Å². The van der Waals surface area contributed by atoms with E-state index in [1.165, 1.54) is 30.5 Å². The number of alkyl halides is 3. The van der Waals surface area contributed by atoms with E-state index in [2.05, 4.69) is 0 Å². The minimum atomic E-state index is -5.03. The van der Waals surface area contributed by atoms with Crippen molar-refractivity contribution in [1.29, 1.82) is 0 Å². The van der Waals surface area contributed by atoms with E-state index >= 15 is 0 Å². The first-order valence-corrected chi connectivity index (χ1v) is 8.48. The third-order valence-corrected chi connectivity index (χ3v) is 4.58. The highest BCUT2D eigenvalue weighted by Gasteiger charge is 2.39. The van der Waals surface area contributed by atoms with Crippen LogP contribution < -0.4 is 25.8 Å². The van der Waals surface area contributed by atoms with Gasteiger partial charge in [0.2, 0.25) is 0 Å². The largest absolute Gasteiger partial charge is 0.545 e. The summed E-state index contributed by atoms with van der Waals surface area (Å²) in [5, 5.41) is 14.6. The van der Waals surface area contributed by atoms with Gasteiger partial charge in [-0.2, -0.15) is 13.2 Å². The highest BCUT2D eigenvalue weighted by atomic mass is 19.4. The maximum absolute atomic E-state index is 12.8. The summed E-state index contributed by atoms with van der Waals surface area (Å²) in [6, 6.07) is 11.6. The Balaban J connectivity index is 1.97. The highest BCUT2D eigenvalue weighted by Crippen LogP contribution is 2.35. The van der Waals surface area contributed by atoms with Gasteiger partial charge in [0.25, 0.3) is 0 Å². The number of anilines is 2. The van der Waals surface area contributed by atoms with Crippen molar-refractivity contribution in [3.63, 3.8) is 0 Å². The molecule has 2 aliphatic heterocycles. The summed E-state index contributed by atoms with van der Waals surface area (Å²) in [4.78, 5) is 24.5. The van der Waals surface area contributed by atoms with Crippen molar-refractivity contribution >= 4 is 35.0 Å². The topological polar surface area (TPSA) is 72.5 Å². The number of hydrogen-bond donors (Lipinski definition) is 1. The molecule has 5 nitrogen and oxygen atoms in total. The molecular weight excluding hydrogens is 385 g/mol. The number of carbonyl (C=O) groups is 2. The van der Waals surface area contributed by atoms with Crippen LogP contribution in [0.3, 0.4) is 0 Å². The lowest BCUT2D eigenvalue weighted by Gasteiger charge is -2.27. The van der Waals surface area contributed by atoms with Gasteiger partial charge in [-0.1, -0.05) is 30.3 Å². The molecule has 0 aromatic heterocycles. The van der Waals surface area contributed by atoms with Gasteiger partial charge in [0, 0.05) is 22.6 Å². The number of fused-ring (bicyclic) bond motifs is 4. The maximum atomic E-state index is 12.8. The maximum Gasteiger partial charge on any atom is 0.471 e. The van der Waals surface area contributed by atoms with Crippen LogP contribution in [0.25, 0.3) is 11.8 Å². The number of nitrogens with zero attached hydrogens (tertiary/aromatic N) is 1. The first-order valence-electron chi connectivity index (χ1n) is 8.48. The molecule has 8 heteroatoms. The zero-order chi connectivity index (χ0) is 20.8. The molecule has 1 amide bonds. The molecule has 4 rings (SSSR count). The fourth-order valence-electron chi connectivity index (χ4n) is 3.27. The molecule has 0 atom stereocenters. The second-order valence-corrected chi connectivity index (χ2v) is 6.38. The van der Waals surface area contributed by atoms with Crippen LogP contribution in [0.1, 0.15) is 5.56 Å². The van der Waals surface area contributed by atoms with Crippen molar-refractivity contribution in [3.8, 4) is 0 Å². The summed E-state index contributed by atoms with van der Waals surface area (Å²) in [6.45, 7) is 0. The van der Waals surface area contributed by atoms with Crippen molar-refractivity contribution in [2.24, 2.45) is 0 Å². The Morgan fingerprint density at radius 1 is 1.00 bits per heavy atom. The Hall–Kier alpha value is -3.81. The van der Waals surface area contributed by atoms with E-state index in [1.54, 1.807) is 41.3 Å². The second-order valence-electron chi connectivity index (χ2n) is 6.38. The molecule has 2 aromatic carbocycles. The summed E-state index contributed by atoms with van der Waals surface area (Å²) in [5.41, 5.74) is 1.33. The van der Waals surface area contributed by atoms with Gasteiger partial charge in [0.1, 0.15) is 0 Å². The number of carboxylic acid groups (broad SMARTS) is 1. The summed E-state index contributed by atoms with van der Waals surface area (Å²) in [7, 11) is 0. The van der Waals surface area contributed by atoms with Crippen molar-refractivity contribution < 1.29 is 27.9 Å². The van der Waals surface area contributed by atoms with Gasteiger partial charge in [0.05, 0.1) is 23.0 Å². The van der Waals surface area contributed by atoms with Gasteiger partial charge >= 0.3 is 12.1 Å². The molecule has 2 aromatic rings. The van der Waals surface area contributed by atoms with Gasteiger partial charge in [-0.15, -0.1) is 0 Å². The standard InChI is InChI=1S/C21H13F3N2O3/c22-21(23,24)20(29)25-16-6-3-7-17-15(16)10-12-4-1-2-5-14(12)18-11-13(19(27)28)8-9-26(17)18/h1-11H,(H,25,29)(H,27,28)/p-1. The fourth-order valence-corrected chi connectivity index (χ4v) is 3.27. The Morgan fingerprint density at radius 3 is 2.48 bits per heavy atom. The summed E-state index contributed by atoms with van der Waals surface area (Å²) < 4.78 is 38.3. The Morgan fingerprint density at radius 2 is 1.76 bits per heavy atom. The van der Waals surface area contributed by atoms with Gasteiger partial charge < -0.3 is 20.1 Å². The molecule has 0 aliphatic carbocycles. The summed E-state index contributed by atoms with van der Waals surface area (Å²) in [5.74, 6) is -3.42. The lowest BCUT2D eigenvalue weighted by molar-refractivity contribution is -0.298. The van der Waals surface area contributed by atoms with E-state index in [0.29, 0.717) is 27.4 Å². The summed E-state index contributed by atoms with van der Waals surface area (Å²) >= 11 is 0. The number of carbonyl (C=O) groups excluding carboxylic acids is 2. The predicted molar refractivity (Wildman–Crippen MR) is 98.5 cm³/mol. The normalized spacial score (nSPS) is 14.7. The average molecular weight is 397 g/mol. The predicted octanol–water partition coefficient (Wildman–Crippen LogP) is 1.15. The minimum Gasteiger partial charge on any atom is -0.545 e. The monoisotopic (exact) mass is 397 g/mol. The molecule has 0 radical (unpaired) electrons. The van der Waals surface area contributed by atoms with E-state index in [-0.39, 0.29) is 11.3 Å². The lowest BCUT2D eigenvalue weighted by Crippen LogP contribution is -2.33. The lowest BCUT2D eigenvalue weighted by atomic mass is 10.1. The first-order chi connectivity index (χ1) is 13.8. The van der Waals surface area contributed by atoms with Crippen LogP contribution in [0.2, 0.25) is 0 Å². The van der Waals surface area contributed by atoms with Gasteiger partial charge in [-0.05, 0) is 35.6 Å². The molecule has 2 heterocycles. The number of halogens is 3. The van der Waals surface area contributed by atoms with Crippen LogP contribution in [0, 0.1) is 0 Å². The Labute approximate surface area is 162 Å². The van der Waals surface area contributed by atoms with Crippen LogP contribution in [0.4, 0.5) is 24.5 Å². The Kier molecular flexibility index (Phi) is 4.26. The van der Waals surface area contributed by atoms with Crippen molar-refractivity contribution in [1.82, 2.24) is 0 Å². The third kappa shape index (κ3) is 3.29. The number of benzene rings is 2. The Bertz CT molecular complexity index is 1230. The van der Waals surface area contributed by atoms with Crippen LogP contribution in [0.15, 0.2) is 66.4 Å². The van der Waals surface area contributed by atoms with Crippen LogP contribution in [-0.4, -0.2) is 18.1 Å². The average Bonchev–Trinajstić information content (AvgIpc) is 2.82. The SMILES string of the molecule is O=C([O-])C1=CC2=c3ccccc3=Cc3c(NC(=O)C(F)(F)F)cccc3N2C=C1. The quantitative estimate of drug-likeness (QED) is 0.825. The molecule has 0 unspecified atom stereocenters. The molecule has 0 spiro atoms. The smallest absolute Gasteiger partial charge is 0.471 e. The van der Waals surface area contributed by atoms with Crippen LogP contribution in [-0.2, 0) is 9.59 Å². The van der Waals surface area contributed by atoms with Crippen molar-refractivity contribution in [2.75, 3.05) is 10.2 Å². The van der Waals surface area contributed by atoms with Crippen LogP contribution >= 0.6 is 0 Å². The number of hydrogen-bond acceptors (Lipinski definition) is 4. The number of carboxylic acids is 1. The number of amides is 1. The fraction of sp³-hybridized carbons (Fsp3) is 0.0476. The van der Waals surface area contributed by atoms with Gasteiger partial charge in [-0.25, -0.2) is 0 Å². The van der Waals surface area contributed by atoms with Gasteiger partial charge in [-0.3, -0.25) is 4.79 Å². The minimum absolute atomic E-state index is 0.0102. The second kappa shape index (κ2) is 6.66. The highest BCUT2D eigenvalue weighted by molar-refractivity contribution is 6.01. The molecule has 146 valence electrons. The molecule has 0 saturated heterocycles. The zero-order valence-corrected chi connectivity index (χ0v) is 14.7. The number of rotatable bonds is 2.